The van der Waals surface area contributed by atoms with E-state index in [1.54, 1.807) is 11.0 Å². The molecule has 0 spiro atoms. The van der Waals surface area contributed by atoms with Crippen molar-refractivity contribution in [1.29, 1.82) is 0 Å². The Balaban J connectivity index is 1.50. The number of carbonyl (C=O) groups excluding carboxylic acids is 1. The lowest BCUT2D eigenvalue weighted by atomic mass is 10.0. The second kappa shape index (κ2) is 10.6. The van der Waals surface area contributed by atoms with Gasteiger partial charge in [0.1, 0.15) is 18.7 Å². The second-order valence-corrected chi connectivity index (χ2v) is 8.56. The summed E-state index contributed by atoms with van der Waals surface area (Å²) in [5, 5.41) is 7.35. The fraction of sp³-hybridized carbons (Fsp3) is 0.440. The highest BCUT2D eigenvalue weighted by Gasteiger charge is 2.17. The number of anilines is 1. The Kier molecular flexibility index (Phi) is 7.34. The maximum atomic E-state index is 12.6. The Bertz CT molecular complexity index is 1080. The van der Waals surface area contributed by atoms with Crippen molar-refractivity contribution in [2.45, 2.75) is 39.5 Å². The number of benzene rings is 1. The lowest BCUT2D eigenvalue weighted by Crippen LogP contribution is -2.25. The molecule has 33 heavy (non-hydrogen) atoms. The number of aromatic nitrogens is 4. The summed E-state index contributed by atoms with van der Waals surface area (Å²) in [6, 6.07) is 7.71. The van der Waals surface area contributed by atoms with Crippen molar-refractivity contribution in [1.82, 2.24) is 24.6 Å². The van der Waals surface area contributed by atoms with Gasteiger partial charge in [0.15, 0.2) is 0 Å². The number of hydrogen-bond acceptors (Lipinski definition) is 6. The molecule has 0 unspecified atom stereocenters. The third-order valence-corrected chi connectivity index (χ3v) is 6.00. The molecule has 1 aliphatic heterocycles. The Labute approximate surface area is 195 Å². The molecule has 4 rings (SSSR count). The van der Waals surface area contributed by atoms with E-state index in [0.717, 1.165) is 59.3 Å². The van der Waals surface area contributed by atoms with E-state index in [1.807, 2.05) is 51.4 Å². The molecule has 0 atom stereocenters. The topological polar surface area (TPSA) is 85.2 Å². The van der Waals surface area contributed by atoms with Gasteiger partial charge in [-0.25, -0.2) is 9.97 Å². The van der Waals surface area contributed by atoms with Crippen molar-refractivity contribution in [3.8, 4) is 16.9 Å². The van der Waals surface area contributed by atoms with Crippen LogP contribution in [0.15, 0.2) is 36.8 Å². The van der Waals surface area contributed by atoms with Crippen LogP contribution in [0.2, 0.25) is 0 Å². The van der Waals surface area contributed by atoms with Gasteiger partial charge < -0.3 is 10.1 Å². The van der Waals surface area contributed by atoms with Crippen molar-refractivity contribution in [3.63, 3.8) is 0 Å². The molecule has 0 saturated carbocycles. The van der Waals surface area contributed by atoms with Crippen LogP contribution in [0.4, 0.5) is 5.69 Å². The summed E-state index contributed by atoms with van der Waals surface area (Å²) in [4.78, 5) is 23.8. The molecule has 0 radical (unpaired) electrons. The largest absolute Gasteiger partial charge is 0.492 e. The van der Waals surface area contributed by atoms with E-state index < -0.39 is 0 Å². The number of rotatable bonds is 9. The molecule has 2 aromatic heterocycles. The first-order valence-electron chi connectivity index (χ1n) is 11.6. The van der Waals surface area contributed by atoms with E-state index in [-0.39, 0.29) is 5.91 Å². The lowest BCUT2D eigenvalue weighted by molar-refractivity contribution is -0.116. The molecule has 8 nitrogen and oxygen atoms in total. The van der Waals surface area contributed by atoms with Crippen LogP contribution in [0.3, 0.4) is 0 Å². The fourth-order valence-electron chi connectivity index (χ4n) is 4.26. The molecular weight excluding hydrogens is 416 g/mol. The summed E-state index contributed by atoms with van der Waals surface area (Å²) in [7, 11) is 1.87. The molecule has 174 valence electrons. The molecule has 1 aliphatic rings. The van der Waals surface area contributed by atoms with Gasteiger partial charge in [0.25, 0.3) is 0 Å². The molecular formula is C25H32N6O2. The van der Waals surface area contributed by atoms with Crippen LogP contribution in [0.25, 0.3) is 11.1 Å². The van der Waals surface area contributed by atoms with E-state index in [2.05, 4.69) is 25.3 Å². The van der Waals surface area contributed by atoms with Crippen LogP contribution in [0, 0.1) is 13.8 Å². The maximum absolute atomic E-state index is 12.6. The highest BCUT2D eigenvalue weighted by molar-refractivity contribution is 5.92. The Hall–Kier alpha value is -3.26. The fourth-order valence-corrected chi connectivity index (χ4v) is 4.26. The van der Waals surface area contributed by atoms with Crippen molar-refractivity contribution in [3.05, 3.63) is 53.9 Å². The lowest BCUT2D eigenvalue weighted by Gasteiger charge is -2.18. The summed E-state index contributed by atoms with van der Waals surface area (Å²) in [6.07, 6.45) is 6.95. The molecule has 1 N–H and O–H groups in total. The van der Waals surface area contributed by atoms with Gasteiger partial charge in [0, 0.05) is 60.8 Å². The molecule has 1 amide bonds. The summed E-state index contributed by atoms with van der Waals surface area (Å²) in [6.45, 7) is 7.75. The Morgan fingerprint density at radius 3 is 2.58 bits per heavy atom. The quantitative estimate of drug-likeness (QED) is 0.539. The monoisotopic (exact) mass is 448 g/mol. The average Bonchev–Trinajstić information content (AvgIpc) is 3.45. The average molecular weight is 449 g/mol. The van der Waals surface area contributed by atoms with E-state index >= 15 is 0 Å². The standard InChI is InChI=1S/C25H32N6O2/c1-18-25(19(2)27-17-26-18)22-16-21(28-24(32)9-7-20-10-13-30(3)29-20)6-8-23(22)33-15-14-31-11-4-5-12-31/h6,8,10,13,16-17H,4-5,7,9,11-12,14-15H2,1-3H3,(H,28,32). The molecule has 3 heterocycles. The SMILES string of the molecule is Cc1ncnc(C)c1-c1cc(NC(=O)CCc2ccn(C)n2)ccc1OCCN1CCCC1. The van der Waals surface area contributed by atoms with Crippen LogP contribution in [-0.2, 0) is 18.3 Å². The third-order valence-electron chi connectivity index (χ3n) is 6.00. The van der Waals surface area contributed by atoms with Crippen molar-refractivity contribution in [2.24, 2.45) is 7.05 Å². The zero-order valence-corrected chi connectivity index (χ0v) is 19.7. The van der Waals surface area contributed by atoms with Gasteiger partial charge in [0.05, 0.1) is 5.69 Å². The number of likely N-dealkylation sites (tertiary alicyclic amines) is 1. The molecule has 1 aromatic carbocycles. The first-order chi connectivity index (χ1) is 16.0. The molecule has 1 saturated heterocycles. The van der Waals surface area contributed by atoms with E-state index in [1.165, 1.54) is 12.8 Å². The van der Waals surface area contributed by atoms with Gasteiger partial charge in [-0.2, -0.15) is 5.10 Å². The van der Waals surface area contributed by atoms with Gasteiger partial charge in [-0.05, 0) is 64.0 Å². The highest BCUT2D eigenvalue weighted by atomic mass is 16.5. The molecule has 0 aliphatic carbocycles. The highest BCUT2D eigenvalue weighted by Crippen LogP contribution is 2.35. The minimum atomic E-state index is -0.0490. The Morgan fingerprint density at radius 2 is 1.88 bits per heavy atom. The summed E-state index contributed by atoms with van der Waals surface area (Å²) < 4.78 is 7.96. The van der Waals surface area contributed by atoms with E-state index in [4.69, 9.17) is 4.74 Å². The van der Waals surface area contributed by atoms with Crippen molar-refractivity contribution < 1.29 is 9.53 Å². The van der Waals surface area contributed by atoms with Gasteiger partial charge in [-0.15, -0.1) is 0 Å². The molecule has 8 heteroatoms. The number of aryl methyl sites for hydroxylation is 4. The predicted molar refractivity (Wildman–Crippen MR) is 128 cm³/mol. The summed E-state index contributed by atoms with van der Waals surface area (Å²) >= 11 is 0. The first-order valence-corrected chi connectivity index (χ1v) is 11.6. The summed E-state index contributed by atoms with van der Waals surface area (Å²) in [5.41, 5.74) is 5.23. The number of nitrogens with one attached hydrogen (secondary N) is 1. The van der Waals surface area contributed by atoms with Gasteiger partial charge in [0.2, 0.25) is 5.91 Å². The van der Waals surface area contributed by atoms with Crippen LogP contribution in [0.1, 0.15) is 36.3 Å². The minimum absolute atomic E-state index is 0.0490. The number of nitrogens with zero attached hydrogens (tertiary/aromatic N) is 5. The van der Waals surface area contributed by atoms with Crippen LogP contribution in [0.5, 0.6) is 5.75 Å². The van der Waals surface area contributed by atoms with E-state index in [9.17, 15) is 4.79 Å². The third kappa shape index (κ3) is 5.96. The number of carbonyl (C=O) groups is 1. The zero-order valence-electron chi connectivity index (χ0n) is 19.7. The summed E-state index contributed by atoms with van der Waals surface area (Å²) in [5.74, 6) is 0.730. The molecule has 3 aromatic rings. The Morgan fingerprint density at radius 1 is 1.12 bits per heavy atom. The predicted octanol–water partition coefficient (Wildman–Crippen LogP) is 3.54. The van der Waals surface area contributed by atoms with Crippen LogP contribution in [-0.4, -0.2) is 56.8 Å². The van der Waals surface area contributed by atoms with Crippen molar-refractivity contribution >= 4 is 11.6 Å². The zero-order chi connectivity index (χ0) is 23.2. The van der Waals surface area contributed by atoms with Gasteiger partial charge >= 0.3 is 0 Å². The van der Waals surface area contributed by atoms with Crippen LogP contribution >= 0.6 is 0 Å². The molecule has 1 fully saturated rings. The first kappa shape index (κ1) is 22.9. The van der Waals surface area contributed by atoms with Gasteiger partial charge in [-0.1, -0.05) is 0 Å². The normalized spacial score (nSPS) is 13.9. The molecule has 0 bridgehead atoms. The minimum Gasteiger partial charge on any atom is -0.492 e. The van der Waals surface area contributed by atoms with Crippen LogP contribution < -0.4 is 10.1 Å². The van der Waals surface area contributed by atoms with Crippen molar-refractivity contribution in [2.75, 3.05) is 31.6 Å². The second-order valence-electron chi connectivity index (χ2n) is 8.56. The van der Waals surface area contributed by atoms with Gasteiger partial charge in [-0.3, -0.25) is 14.4 Å². The maximum Gasteiger partial charge on any atom is 0.224 e. The smallest absolute Gasteiger partial charge is 0.224 e. The number of amides is 1. The number of hydrogen-bond donors (Lipinski definition) is 1. The van der Waals surface area contributed by atoms with E-state index in [0.29, 0.717) is 19.4 Å². The number of ether oxygens (including phenoxy) is 1.